The van der Waals surface area contributed by atoms with E-state index in [0.717, 1.165) is 42.4 Å². The average molecular weight is 320 g/mol. The van der Waals surface area contributed by atoms with Gasteiger partial charge in [-0.2, -0.15) is 0 Å². The van der Waals surface area contributed by atoms with E-state index in [-0.39, 0.29) is 5.91 Å². The SMILES string of the molecule is O=C(Cc1cnc2ccccc2c1)N1CCC(n2ccnc2)CC1. The predicted molar refractivity (Wildman–Crippen MR) is 92.5 cm³/mol. The molecule has 24 heavy (non-hydrogen) atoms. The molecule has 1 fully saturated rings. The van der Waals surface area contributed by atoms with Crippen LogP contribution in [-0.2, 0) is 11.2 Å². The third kappa shape index (κ3) is 3.02. The van der Waals surface area contributed by atoms with Gasteiger partial charge in [-0.15, -0.1) is 0 Å². The summed E-state index contributed by atoms with van der Waals surface area (Å²) < 4.78 is 2.15. The van der Waals surface area contributed by atoms with E-state index in [0.29, 0.717) is 12.5 Å². The van der Waals surface area contributed by atoms with Crippen LogP contribution in [0.2, 0.25) is 0 Å². The first kappa shape index (κ1) is 14.9. The zero-order chi connectivity index (χ0) is 16.4. The summed E-state index contributed by atoms with van der Waals surface area (Å²) >= 11 is 0. The Balaban J connectivity index is 1.39. The molecule has 1 saturated heterocycles. The standard InChI is InChI=1S/C19H20N4O/c24-19(12-15-11-16-3-1-2-4-18(16)21-13-15)22-8-5-17(6-9-22)23-10-7-20-14-23/h1-4,7,10-11,13-14,17H,5-6,8-9,12H2. The van der Waals surface area contributed by atoms with E-state index in [4.69, 9.17) is 0 Å². The molecular weight excluding hydrogens is 300 g/mol. The van der Waals surface area contributed by atoms with Gasteiger partial charge in [0.05, 0.1) is 18.3 Å². The fraction of sp³-hybridized carbons (Fsp3) is 0.316. The highest BCUT2D eigenvalue weighted by molar-refractivity contribution is 5.82. The van der Waals surface area contributed by atoms with Crippen LogP contribution in [0.5, 0.6) is 0 Å². The highest BCUT2D eigenvalue weighted by atomic mass is 16.2. The molecule has 5 nitrogen and oxygen atoms in total. The molecule has 0 atom stereocenters. The first-order chi connectivity index (χ1) is 11.8. The van der Waals surface area contributed by atoms with Crippen molar-refractivity contribution in [2.45, 2.75) is 25.3 Å². The van der Waals surface area contributed by atoms with Crippen LogP contribution in [0.1, 0.15) is 24.4 Å². The fourth-order valence-electron chi connectivity index (χ4n) is 3.40. The number of piperidine rings is 1. The van der Waals surface area contributed by atoms with Crippen LogP contribution in [-0.4, -0.2) is 38.4 Å². The Morgan fingerprint density at radius 3 is 2.83 bits per heavy atom. The van der Waals surface area contributed by atoms with E-state index in [1.54, 1.807) is 0 Å². The van der Waals surface area contributed by atoms with Crippen LogP contribution in [0.3, 0.4) is 0 Å². The summed E-state index contributed by atoms with van der Waals surface area (Å²) in [4.78, 5) is 23.1. The van der Waals surface area contributed by atoms with Crippen LogP contribution >= 0.6 is 0 Å². The van der Waals surface area contributed by atoms with Gasteiger partial charge in [0.1, 0.15) is 0 Å². The Kier molecular flexibility index (Phi) is 3.99. The molecule has 0 bridgehead atoms. The number of imidazole rings is 1. The van der Waals surface area contributed by atoms with Crippen LogP contribution in [0, 0.1) is 0 Å². The number of carbonyl (C=O) groups is 1. The van der Waals surface area contributed by atoms with E-state index < -0.39 is 0 Å². The van der Waals surface area contributed by atoms with Gasteiger partial charge in [0.2, 0.25) is 5.91 Å². The first-order valence-electron chi connectivity index (χ1n) is 8.38. The molecule has 0 aliphatic carbocycles. The summed E-state index contributed by atoms with van der Waals surface area (Å²) in [7, 11) is 0. The zero-order valence-electron chi connectivity index (χ0n) is 13.5. The molecule has 0 saturated carbocycles. The summed E-state index contributed by atoms with van der Waals surface area (Å²) in [6, 6.07) is 10.5. The molecule has 1 aliphatic rings. The largest absolute Gasteiger partial charge is 0.342 e. The predicted octanol–water partition coefficient (Wildman–Crippen LogP) is 2.84. The number of amides is 1. The van der Waals surface area contributed by atoms with Gasteiger partial charge in [-0.05, 0) is 30.5 Å². The number of nitrogens with zero attached hydrogens (tertiary/aromatic N) is 4. The summed E-state index contributed by atoms with van der Waals surface area (Å²) in [5.41, 5.74) is 1.95. The van der Waals surface area contributed by atoms with Crippen molar-refractivity contribution in [3.8, 4) is 0 Å². The van der Waals surface area contributed by atoms with Crippen molar-refractivity contribution in [3.05, 3.63) is 60.8 Å². The maximum absolute atomic E-state index is 12.6. The van der Waals surface area contributed by atoms with E-state index in [1.165, 1.54) is 0 Å². The molecule has 3 aromatic rings. The molecule has 1 aromatic carbocycles. The van der Waals surface area contributed by atoms with Crippen LogP contribution in [0.4, 0.5) is 0 Å². The molecule has 0 spiro atoms. The Labute approximate surface area is 140 Å². The van der Waals surface area contributed by atoms with Crippen molar-refractivity contribution in [1.29, 1.82) is 0 Å². The molecule has 1 aliphatic heterocycles. The van der Waals surface area contributed by atoms with Crippen molar-refractivity contribution in [3.63, 3.8) is 0 Å². The number of aromatic nitrogens is 3. The lowest BCUT2D eigenvalue weighted by Gasteiger charge is -2.32. The van der Waals surface area contributed by atoms with Gasteiger partial charge in [0.15, 0.2) is 0 Å². The highest BCUT2D eigenvalue weighted by Gasteiger charge is 2.23. The van der Waals surface area contributed by atoms with E-state index in [9.17, 15) is 4.79 Å². The molecule has 0 N–H and O–H groups in total. The number of hydrogen-bond acceptors (Lipinski definition) is 3. The molecule has 2 aromatic heterocycles. The molecule has 4 rings (SSSR count). The third-order valence-electron chi connectivity index (χ3n) is 4.77. The van der Waals surface area contributed by atoms with Crippen molar-refractivity contribution in [2.75, 3.05) is 13.1 Å². The monoisotopic (exact) mass is 320 g/mol. The molecule has 5 heteroatoms. The quantitative estimate of drug-likeness (QED) is 0.745. The maximum Gasteiger partial charge on any atom is 0.227 e. The summed E-state index contributed by atoms with van der Waals surface area (Å²) in [6.45, 7) is 1.62. The molecule has 1 amide bonds. The van der Waals surface area contributed by atoms with Gasteiger partial charge in [-0.25, -0.2) is 4.98 Å². The van der Waals surface area contributed by atoms with Crippen molar-refractivity contribution in [1.82, 2.24) is 19.4 Å². The van der Waals surface area contributed by atoms with Gasteiger partial charge >= 0.3 is 0 Å². The second kappa shape index (κ2) is 6.43. The second-order valence-corrected chi connectivity index (χ2v) is 6.33. The maximum atomic E-state index is 12.6. The van der Waals surface area contributed by atoms with Gasteiger partial charge in [0.25, 0.3) is 0 Å². The Morgan fingerprint density at radius 2 is 2.04 bits per heavy atom. The number of fused-ring (bicyclic) bond motifs is 1. The summed E-state index contributed by atoms with van der Waals surface area (Å²) in [6.07, 6.45) is 9.89. The number of benzene rings is 1. The number of pyridine rings is 1. The van der Waals surface area contributed by atoms with Crippen LogP contribution in [0.15, 0.2) is 55.2 Å². The molecule has 122 valence electrons. The molecular formula is C19H20N4O. The number of hydrogen-bond donors (Lipinski definition) is 0. The Bertz CT molecular complexity index is 835. The first-order valence-corrected chi connectivity index (χ1v) is 8.38. The van der Waals surface area contributed by atoms with E-state index in [2.05, 4.69) is 20.6 Å². The minimum atomic E-state index is 0.191. The number of rotatable bonds is 3. The van der Waals surface area contributed by atoms with Crippen LogP contribution in [0.25, 0.3) is 10.9 Å². The van der Waals surface area contributed by atoms with E-state index in [1.807, 2.05) is 54.1 Å². The molecule has 3 heterocycles. The number of carbonyl (C=O) groups excluding carboxylic acids is 1. The van der Waals surface area contributed by atoms with Crippen molar-refractivity contribution < 1.29 is 4.79 Å². The van der Waals surface area contributed by atoms with Gasteiger partial charge in [0, 0.05) is 43.1 Å². The number of likely N-dealkylation sites (tertiary alicyclic amines) is 1. The van der Waals surface area contributed by atoms with Gasteiger partial charge in [-0.3, -0.25) is 9.78 Å². The van der Waals surface area contributed by atoms with Crippen LogP contribution < -0.4 is 0 Å². The minimum absolute atomic E-state index is 0.191. The Hall–Kier alpha value is -2.69. The normalized spacial score (nSPS) is 15.8. The zero-order valence-corrected chi connectivity index (χ0v) is 13.5. The lowest BCUT2D eigenvalue weighted by Crippen LogP contribution is -2.39. The highest BCUT2D eigenvalue weighted by Crippen LogP contribution is 2.22. The van der Waals surface area contributed by atoms with Crippen molar-refractivity contribution in [2.24, 2.45) is 0 Å². The smallest absolute Gasteiger partial charge is 0.227 e. The summed E-state index contributed by atoms with van der Waals surface area (Å²) in [5, 5.41) is 1.08. The van der Waals surface area contributed by atoms with Crippen molar-refractivity contribution >= 4 is 16.8 Å². The third-order valence-corrected chi connectivity index (χ3v) is 4.77. The topological polar surface area (TPSA) is 51.0 Å². The number of para-hydroxylation sites is 1. The van der Waals surface area contributed by atoms with Gasteiger partial charge < -0.3 is 9.47 Å². The minimum Gasteiger partial charge on any atom is -0.342 e. The van der Waals surface area contributed by atoms with Gasteiger partial charge in [-0.1, -0.05) is 18.2 Å². The lowest BCUT2D eigenvalue weighted by atomic mass is 10.0. The summed E-state index contributed by atoms with van der Waals surface area (Å²) in [5.74, 6) is 0.191. The molecule has 0 unspecified atom stereocenters. The fourth-order valence-corrected chi connectivity index (χ4v) is 3.40. The second-order valence-electron chi connectivity index (χ2n) is 6.33. The van der Waals surface area contributed by atoms with E-state index >= 15 is 0 Å². The Morgan fingerprint density at radius 1 is 1.21 bits per heavy atom. The lowest BCUT2D eigenvalue weighted by molar-refractivity contribution is -0.131. The average Bonchev–Trinajstić information content (AvgIpc) is 3.16. The molecule has 0 radical (unpaired) electrons.